The fourth-order valence-corrected chi connectivity index (χ4v) is 4.12. The van der Waals surface area contributed by atoms with E-state index in [1.165, 1.54) is 16.2 Å². The molecule has 0 atom stereocenters. The van der Waals surface area contributed by atoms with Gasteiger partial charge >= 0.3 is 0 Å². The molecule has 6 nitrogen and oxygen atoms in total. The number of benzene rings is 1. The van der Waals surface area contributed by atoms with Crippen molar-refractivity contribution in [3.63, 3.8) is 0 Å². The summed E-state index contributed by atoms with van der Waals surface area (Å²) >= 11 is 1.46. The summed E-state index contributed by atoms with van der Waals surface area (Å²) < 4.78 is 10.9. The van der Waals surface area contributed by atoms with Gasteiger partial charge in [-0.05, 0) is 30.5 Å². The van der Waals surface area contributed by atoms with Gasteiger partial charge in [-0.15, -0.1) is 11.3 Å². The van der Waals surface area contributed by atoms with E-state index in [0.717, 1.165) is 4.88 Å². The standard InChI is InChI=1S/C20H20N2O4S/c1-2-26-15-6-3-5-14(13-15)22-19(23)17(16-7-4-12-27-16)18(20(22)24)21-8-10-25-11-9-21/h3-7,12-13H,2,8-11H2,1H3. The van der Waals surface area contributed by atoms with E-state index >= 15 is 0 Å². The molecule has 0 N–H and O–H groups in total. The maximum atomic E-state index is 13.3. The summed E-state index contributed by atoms with van der Waals surface area (Å²) in [6.07, 6.45) is 0. The molecule has 0 saturated carbocycles. The number of ether oxygens (including phenoxy) is 2. The van der Waals surface area contributed by atoms with Crippen LogP contribution < -0.4 is 9.64 Å². The largest absolute Gasteiger partial charge is 0.494 e. The van der Waals surface area contributed by atoms with Gasteiger partial charge in [-0.2, -0.15) is 0 Å². The van der Waals surface area contributed by atoms with Gasteiger partial charge in [0.1, 0.15) is 11.4 Å². The minimum Gasteiger partial charge on any atom is -0.494 e. The van der Waals surface area contributed by atoms with Gasteiger partial charge < -0.3 is 14.4 Å². The quantitative estimate of drug-likeness (QED) is 0.742. The number of rotatable bonds is 5. The van der Waals surface area contributed by atoms with Gasteiger partial charge in [0.25, 0.3) is 11.8 Å². The highest BCUT2D eigenvalue weighted by Crippen LogP contribution is 2.37. The first-order valence-corrected chi connectivity index (χ1v) is 9.81. The highest BCUT2D eigenvalue weighted by molar-refractivity contribution is 7.11. The van der Waals surface area contributed by atoms with Gasteiger partial charge in [-0.1, -0.05) is 12.1 Å². The molecule has 0 spiro atoms. The third kappa shape index (κ3) is 3.24. The van der Waals surface area contributed by atoms with Gasteiger partial charge in [0, 0.05) is 24.0 Å². The highest BCUT2D eigenvalue weighted by atomic mass is 32.1. The number of hydrogen-bond acceptors (Lipinski definition) is 6. The van der Waals surface area contributed by atoms with Gasteiger partial charge in [0.05, 0.1) is 31.1 Å². The van der Waals surface area contributed by atoms with Crippen LogP contribution in [0.25, 0.3) is 5.57 Å². The zero-order chi connectivity index (χ0) is 18.8. The van der Waals surface area contributed by atoms with Crippen LogP contribution in [-0.4, -0.2) is 49.6 Å². The molecular weight excluding hydrogens is 364 g/mol. The number of carbonyl (C=O) groups excluding carboxylic acids is 2. The van der Waals surface area contributed by atoms with Crippen molar-refractivity contribution in [2.45, 2.75) is 6.92 Å². The first-order chi connectivity index (χ1) is 13.2. The Morgan fingerprint density at radius 1 is 1.11 bits per heavy atom. The molecule has 1 aromatic heterocycles. The molecule has 2 aromatic rings. The summed E-state index contributed by atoms with van der Waals surface area (Å²) in [5, 5.41) is 1.91. The normalized spacial score (nSPS) is 17.8. The monoisotopic (exact) mass is 384 g/mol. The van der Waals surface area contributed by atoms with E-state index in [2.05, 4.69) is 0 Å². The van der Waals surface area contributed by atoms with Crippen molar-refractivity contribution in [3.8, 4) is 5.75 Å². The fourth-order valence-electron chi connectivity index (χ4n) is 3.35. The van der Waals surface area contributed by atoms with E-state index in [4.69, 9.17) is 9.47 Å². The Bertz CT molecular complexity index is 885. The van der Waals surface area contributed by atoms with Crippen LogP contribution in [0.3, 0.4) is 0 Å². The predicted octanol–water partition coefficient (Wildman–Crippen LogP) is 2.76. The van der Waals surface area contributed by atoms with Crippen LogP contribution >= 0.6 is 11.3 Å². The van der Waals surface area contributed by atoms with Crippen LogP contribution in [0.1, 0.15) is 11.8 Å². The van der Waals surface area contributed by atoms with Crippen LogP contribution in [0.4, 0.5) is 5.69 Å². The van der Waals surface area contributed by atoms with Crippen LogP contribution in [0.5, 0.6) is 5.75 Å². The molecule has 7 heteroatoms. The topological polar surface area (TPSA) is 59.1 Å². The van der Waals surface area contributed by atoms with Gasteiger partial charge in [-0.25, -0.2) is 4.90 Å². The molecule has 3 heterocycles. The molecule has 1 aromatic carbocycles. The predicted molar refractivity (Wildman–Crippen MR) is 104 cm³/mol. The van der Waals surface area contributed by atoms with Crippen LogP contribution in [0, 0.1) is 0 Å². The third-order valence-electron chi connectivity index (χ3n) is 4.54. The minimum absolute atomic E-state index is 0.293. The number of carbonyl (C=O) groups is 2. The lowest BCUT2D eigenvalue weighted by molar-refractivity contribution is -0.121. The highest BCUT2D eigenvalue weighted by Gasteiger charge is 2.43. The second-order valence-corrected chi connectivity index (χ2v) is 7.12. The van der Waals surface area contributed by atoms with E-state index in [1.807, 2.05) is 35.4 Å². The zero-order valence-electron chi connectivity index (χ0n) is 15.0. The number of thiophene rings is 1. The molecule has 2 aliphatic rings. The van der Waals surface area contributed by atoms with Crippen molar-refractivity contribution in [1.29, 1.82) is 0 Å². The number of amides is 2. The third-order valence-corrected chi connectivity index (χ3v) is 5.43. The molecule has 2 aliphatic heterocycles. The molecule has 0 radical (unpaired) electrons. The molecule has 0 unspecified atom stereocenters. The molecule has 2 amide bonds. The van der Waals surface area contributed by atoms with E-state index in [-0.39, 0.29) is 11.8 Å². The Hall–Kier alpha value is -2.64. The Morgan fingerprint density at radius 2 is 1.93 bits per heavy atom. The molecule has 1 fully saturated rings. The number of anilines is 1. The second kappa shape index (κ2) is 7.54. The number of imide groups is 1. The van der Waals surface area contributed by atoms with Crippen LogP contribution in [-0.2, 0) is 14.3 Å². The lowest BCUT2D eigenvalue weighted by atomic mass is 10.1. The van der Waals surface area contributed by atoms with E-state index in [1.54, 1.807) is 18.2 Å². The summed E-state index contributed by atoms with van der Waals surface area (Å²) in [6.45, 7) is 4.69. The Labute approximate surface area is 161 Å². The molecule has 27 heavy (non-hydrogen) atoms. The minimum atomic E-state index is -0.294. The Kier molecular flexibility index (Phi) is 4.96. The maximum absolute atomic E-state index is 13.3. The van der Waals surface area contributed by atoms with Crippen molar-refractivity contribution in [3.05, 3.63) is 52.4 Å². The van der Waals surface area contributed by atoms with Gasteiger partial charge in [-0.3, -0.25) is 9.59 Å². The second-order valence-electron chi connectivity index (χ2n) is 6.18. The first kappa shape index (κ1) is 17.8. The summed E-state index contributed by atoms with van der Waals surface area (Å²) in [4.78, 5) is 30.6. The molecule has 140 valence electrons. The van der Waals surface area contributed by atoms with Crippen molar-refractivity contribution in [2.75, 3.05) is 37.8 Å². The van der Waals surface area contributed by atoms with Crippen molar-refractivity contribution >= 4 is 34.4 Å². The van der Waals surface area contributed by atoms with Crippen LogP contribution in [0.2, 0.25) is 0 Å². The van der Waals surface area contributed by atoms with Crippen molar-refractivity contribution in [2.24, 2.45) is 0 Å². The molecule has 0 bridgehead atoms. The lowest BCUT2D eigenvalue weighted by Crippen LogP contribution is -2.40. The Morgan fingerprint density at radius 3 is 2.63 bits per heavy atom. The lowest BCUT2D eigenvalue weighted by Gasteiger charge is -2.29. The van der Waals surface area contributed by atoms with Gasteiger partial charge in [0.15, 0.2) is 0 Å². The average molecular weight is 384 g/mol. The Balaban J connectivity index is 1.76. The number of nitrogens with zero attached hydrogens (tertiary/aromatic N) is 2. The molecule has 4 rings (SSSR count). The number of hydrogen-bond donors (Lipinski definition) is 0. The molecule has 0 aliphatic carbocycles. The van der Waals surface area contributed by atoms with Gasteiger partial charge in [0.2, 0.25) is 0 Å². The summed E-state index contributed by atoms with van der Waals surface area (Å²) in [5.74, 6) is 0.0460. The zero-order valence-corrected chi connectivity index (χ0v) is 15.8. The summed E-state index contributed by atoms with van der Waals surface area (Å²) in [5.41, 5.74) is 1.46. The average Bonchev–Trinajstić information content (AvgIpc) is 3.29. The van der Waals surface area contributed by atoms with E-state index < -0.39 is 0 Å². The summed E-state index contributed by atoms with van der Waals surface area (Å²) in [7, 11) is 0. The van der Waals surface area contributed by atoms with Crippen LogP contribution in [0.15, 0.2) is 47.5 Å². The molecule has 1 saturated heterocycles. The SMILES string of the molecule is CCOc1cccc(N2C(=O)C(c3cccs3)=C(N3CCOCC3)C2=O)c1. The van der Waals surface area contributed by atoms with Crippen molar-refractivity contribution < 1.29 is 19.1 Å². The van der Waals surface area contributed by atoms with E-state index in [9.17, 15) is 9.59 Å². The molecular formula is C20H20N2O4S. The smallest absolute Gasteiger partial charge is 0.282 e. The maximum Gasteiger partial charge on any atom is 0.282 e. The van der Waals surface area contributed by atoms with E-state index in [0.29, 0.717) is 55.6 Å². The fraction of sp³-hybridized carbons (Fsp3) is 0.300. The first-order valence-electron chi connectivity index (χ1n) is 8.93. The number of morpholine rings is 1. The summed E-state index contributed by atoms with van der Waals surface area (Å²) in [6, 6.07) is 10.9. The van der Waals surface area contributed by atoms with Crippen molar-refractivity contribution in [1.82, 2.24) is 4.90 Å².